The zero-order chi connectivity index (χ0) is 11.5. The van der Waals surface area contributed by atoms with E-state index in [9.17, 15) is 4.39 Å². The number of hydrogen-bond acceptors (Lipinski definition) is 4. The molecule has 0 saturated heterocycles. The van der Waals surface area contributed by atoms with Gasteiger partial charge in [0.25, 0.3) is 0 Å². The van der Waals surface area contributed by atoms with Gasteiger partial charge in [0.15, 0.2) is 0 Å². The Morgan fingerprint density at radius 3 is 2.94 bits per heavy atom. The van der Waals surface area contributed by atoms with Crippen LogP contribution in [0.2, 0.25) is 0 Å². The van der Waals surface area contributed by atoms with E-state index in [1.165, 1.54) is 18.3 Å². The van der Waals surface area contributed by atoms with Crippen LogP contribution in [0, 0.1) is 5.82 Å². The van der Waals surface area contributed by atoms with E-state index < -0.39 is 0 Å². The smallest absolute Gasteiger partial charge is 0.136 e. The van der Waals surface area contributed by atoms with Crippen molar-refractivity contribution in [1.82, 2.24) is 4.98 Å². The largest absolute Gasteiger partial charge is 0.398 e. The SMILES string of the molecule is Nc1ccc(F)c2ccnc(NCCO)c12. The van der Waals surface area contributed by atoms with Gasteiger partial charge in [0.1, 0.15) is 11.6 Å². The van der Waals surface area contributed by atoms with Gasteiger partial charge in [-0.15, -0.1) is 0 Å². The highest BCUT2D eigenvalue weighted by molar-refractivity contribution is 6.00. The molecular weight excluding hydrogens is 209 g/mol. The number of rotatable bonds is 3. The van der Waals surface area contributed by atoms with Crippen LogP contribution in [0.15, 0.2) is 24.4 Å². The van der Waals surface area contributed by atoms with Crippen LogP contribution in [0.25, 0.3) is 10.8 Å². The van der Waals surface area contributed by atoms with Crippen LogP contribution in [0.4, 0.5) is 15.9 Å². The zero-order valence-corrected chi connectivity index (χ0v) is 8.57. The summed E-state index contributed by atoms with van der Waals surface area (Å²) in [5.41, 5.74) is 6.25. The van der Waals surface area contributed by atoms with Crippen molar-refractivity contribution < 1.29 is 9.50 Å². The second-order valence-electron chi connectivity index (χ2n) is 3.37. The average molecular weight is 221 g/mol. The molecule has 0 aliphatic carbocycles. The molecule has 0 aliphatic rings. The van der Waals surface area contributed by atoms with E-state index >= 15 is 0 Å². The topological polar surface area (TPSA) is 71.2 Å². The number of aliphatic hydroxyl groups is 1. The summed E-state index contributed by atoms with van der Waals surface area (Å²) in [4.78, 5) is 4.08. The molecule has 2 rings (SSSR count). The standard InChI is InChI=1S/C11H12FN3O/c12-8-1-2-9(13)10-7(8)3-4-14-11(10)15-5-6-16/h1-4,16H,5-6,13H2,(H,14,15). The van der Waals surface area contributed by atoms with Gasteiger partial charge >= 0.3 is 0 Å². The number of pyridine rings is 1. The number of fused-ring (bicyclic) bond motifs is 1. The first-order valence-corrected chi connectivity index (χ1v) is 4.91. The van der Waals surface area contributed by atoms with Crippen LogP contribution in [-0.4, -0.2) is 23.2 Å². The predicted octanol–water partition coefficient (Wildman–Crippen LogP) is 1.36. The number of nitrogen functional groups attached to an aromatic ring is 1. The average Bonchev–Trinajstić information content (AvgIpc) is 2.31. The third-order valence-electron chi connectivity index (χ3n) is 2.31. The van der Waals surface area contributed by atoms with Crippen molar-refractivity contribution in [2.45, 2.75) is 0 Å². The van der Waals surface area contributed by atoms with Crippen LogP contribution >= 0.6 is 0 Å². The molecular formula is C11H12FN3O. The number of nitrogens with one attached hydrogen (secondary N) is 1. The molecule has 0 bridgehead atoms. The minimum Gasteiger partial charge on any atom is -0.398 e. The summed E-state index contributed by atoms with van der Waals surface area (Å²) in [5.74, 6) is 0.155. The van der Waals surface area contributed by atoms with E-state index in [2.05, 4.69) is 10.3 Å². The van der Waals surface area contributed by atoms with Gasteiger partial charge < -0.3 is 16.2 Å². The van der Waals surface area contributed by atoms with Gasteiger partial charge in [0, 0.05) is 23.8 Å². The quantitative estimate of drug-likeness (QED) is 0.684. The van der Waals surface area contributed by atoms with Crippen molar-refractivity contribution >= 4 is 22.3 Å². The van der Waals surface area contributed by atoms with E-state index in [4.69, 9.17) is 10.8 Å². The van der Waals surface area contributed by atoms with Crippen molar-refractivity contribution in [1.29, 1.82) is 0 Å². The first kappa shape index (κ1) is 10.6. The van der Waals surface area contributed by atoms with Gasteiger partial charge in [0.2, 0.25) is 0 Å². The molecule has 16 heavy (non-hydrogen) atoms. The molecule has 0 amide bonds. The van der Waals surface area contributed by atoms with Gasteiger partial charge in [-0.3, -0.25) is 0 Å². The lowest BCUT2D eigenvalue weighted by Gasteiger charge is -2.09. The molecule has 0 atom stereocenters. The number of aliphatic hydroxyl groups excluding tert-OH is 1. The van der Waals surface area contributed by atoms with E-state index in [1.807, 2.05) is 0 Å². The monoisotopic (exact) mass is 221 g/mol. The summed E-state index contributed by atoms with van der Waals surface area (Å²) >= 11 is 0. The van der Waals surface area contributed by atoms with E-state index in [1.54, 1.807) is 6.07 Å². The second kappa shape index (κ2) is 4.32. The lowest BCUT2D eigenvalue weighted by Crippen LogP contribution is -2.08. The van der Waals surface area contributed by atoms with Crippen LogP contribution in [0.5, 0.6) is 0 Å². The highest BCUT2D eigenvalue weighted by atomic mass is 19.1. The predicted molar refractivity (Wildman–Crippen MR) is 61.7 cm³/mol. The maximum atomic E-state index is 13.5. The summed E-state index contributed by atoms with van der Waals surface area (Å²) in [6.07, 6.45) is 1.50. The van der Waals surface area contributed by atoms with Gasteiger partial charge in [-0.25, -0.2) is 9.37 Å². The second-order valence-corrected chi connectivity index (χ2v) is 3.37. The van der Waals surface area contributed by atoms with Gasteiger partial charge in [-0.05, 0) is 18.2 Å². The van der Waals surface area contributed by atoms with Crippen molar-refractivity contribution in [2.24, 2.45) is 0 Å². The Balaban J connectivity index is 2.61. The normalized spacial score (nSPS) is 10.6. The third kappa shape index (κ3) is 1.77. The van der Waals surface area contributed by atoms with Gasteiger partial charge in [0.05, 0.1) is 12.0 Å². The Hall–Kier alpha value is -1.88. The third-order valence-corrected chi connectivity index (χ3v) is 2.31. The summed E-state index contributed by atoms with van der Waals surface area (Å²) in [5, 5.41) is 12.6. The summed E-state index contributed by atoms with van der Waals surface area (Å²) in [6, 6.07) is 4.40. The number of halogens is 1. The van der Waals surface area contributed by atoms with Crippen LogP contribution in [-0.2, 0) is 0 Å². The molecule has 0 saturated carbocycles. The molecule has 0 aliphatic heterocycles. The molecule has 0 unspecified atom stereocenters. The molecule has 4 N–H and O–H groups in total. The lowest BCUT2D eigenvalue weighted by molar-refractivity contribution is 0.311. The van der Waals surface area contributed by atoms with Gasteiger partial charge in [-0.1, -0.05) is 0 Å². The summed E-state index contributed by atoms with van der Waals surface area (Å²) in [6.45, 7) is 0.329. The van der Waals surface area contributed by atoms with E-state index in [0.29, 0.717) is 28.8 Å². The number of nitrogens with two attached hydrogens (primary N) is 1. The molecule has 0 spiro atoms. The first-order valence-electron chi connectivity index (χ1n) is 4.91. The fourth-order valence-electron chi connectivity index (χ4n) is 1.60. The minimum absolute atomic E-state index is 0.0205. The highest BCUT2D eigenvalue weighted by Crippen LogP contribution is 2.28. The van der Waals surface area contributed by atoms with Crippen molar-refractivity contribution in [3.63, 3.8) is 0 Å². The Bertz CT molecular complexity index is 516. The number of anilines is 2. The molecule has 1 heterocycles. The molecule has 5 heteroatoms. The molecule has 84 valence electrons. The summed E-state index contributed by atoms with van der Waals surface area (Å²) in [7, 11) is 0. The Morgan fingerprint density at radius 2 is 2.19 bits per heavy atom. The lowest BCUT2D eigenvalue weighted by atomic mass is 10.1. The van der Waals surface area contributed by atoms with Crippen molar-refractivity contribution in [3.05, 3.63) is 30.2 Å². The fraction of sp³-hybridized carbons (Fsp3) is 0.182. The molecule has 2 aromatic rings. The zero-order valence-electron chi connectivity index (χ0n) is 8.57. The molecule has 0 radical (unpaired) electrons. The van der Waals surface area contributed by atoms with E-state index in [-0.39, 0.29) is 12.4 Å². The number of nitrogens with zero attached hydrogens (tertiary/aromatic N) is 1. The number of aromatic nitrogens is 1. The van der Waals surface area contributed by atoms with Crippen molar-refractivity contribution in [2.75, 3.05) is 24.2 Å². The number of benzene rings is 1. The Kier molecular flexibility index (Phi) is 2.87. The van der Waals surface area contributed by atoms with Crippen LogP contribution in [0.1, 0.15) is 0 Å². The minimum atomic E-state index is -0.335. The first-order chi connectivity index (χ1) is 7.74. The fourth-order valence-corrected chi connectivity index (χ4v) is 1.60. The number of hydrogen-bond donors (Lipinski definition) is 3. The highest BCUT2D eigenvalue weighted by Gasteiger charge is 2.08. The van der Waals surface area contributed by atoms with Crippen LogP contribution < -0.4 is 11.1 Å². The van der Waals surface area contributed by atoms with Crippen LogP contribution in [0.3, 0.4) is 0 Å². The Morgan fingerprint density at radius 1 is 1.38 bits per heavy atom. The van der Waals surface area contributed by atoms with E-state index in [0.717, 1.165) is 0 Å². The molecule has 4 nitrogen and oxygen atoms in total. The molecule has 1 aromatic carbocycles. The maximum Gasteiger partial charge on any atom is 0.136 e. The Labute approximate surface area is 91.9 Å². The molecule has 0 fully saturated rings. The molecule has 1 aromatic heterocycles. The van der Waals surface area contributed by atoms with Gasteiger partial charge in [-0.2, -0.15) is 0 Å². The van der Waals surface area contributed by atoms with Crippen molar-refractivity contribution in [3.8, 4) is 0 Å². The maximum absolute atomic E-state index is 13.5. The summed E-state index contributed by atoms with van der Waals surface area (Å²) < 4.78 is 13.5.